The van der Waals surface area contributed by atoms with Crippen LogP contribution in [0.3, 0.4) is 0 Å². The molecule has 0 unspecified atom stereocenters. The van der Waals surface area contributed by atoms with Gasteiger partial charge in [0.15, 0.2) is 0 Å². The van der Waals surface area contributed by atoms with Gasteiger partial charge in [0.25, 0.3) is 0 Å². The van der Waals surface area contributed by atoms with E-state index in [-0.39, 0.29) is 0 Å². The topological polar surface area (TPSA) is 12.0 Å². The number of hydrogen-bond acceptors (Lipinski definition) is 2. The summed E-state index contributed by atoms with van der Waals surface area (Å²) in [5.41, 5.74) is 2.65. The zero-order valence-electron chi connectivity index (χ0n) is 9.16. The summed E-state index contributed by atoms with van der Waals surface area (Å²) in [4.78, 5) is 1.36. The number of rotatable bonds is 4. The standard InChI is InChI=1S/C13H14BrNS/c1-10-2-4-11(5-3-10)7-15-8-13-6-12(14)9-16-13/h2-6,9,15H,7-8H2,1H3. The second-order valence-corrected chi connectivity index (χ2v) is 5.73. The minimum atomic E-state index is 0.926. The van der Waals surface area contributed by atoms with Gasteiger partial charge in [0.1, 0.15) is 0 Å². The Hall–Kier alpha value is -0.640. The van der Waals surface area contributed by atoms with Gasteiger partial charge in [0.05, 0.1) is 0 Å². The van der Waals surface area contributed by atoms with Crippen molar-refractivity contribution in [3.05, 3.63) is 56.2 Å². The molecule has 0 aliphatic carbocycles. The monoisotopic (exact) mass is 295 g/mol. The van der Waals surface area contributed by atoms with Crippen molar-refractivity contribution in [2.24, 2.45) is 0 Å². The van der Waals surface area contributed by atoms with Gasteiger partial charge in [-0.25, -0.2) is 0 Å². The second kappa shape index (κ2) is 5.62. The van der Waals surface area contributed by atoms with E-state index in [1.807, 2.05) is 0 Å². The zero-order chi connectivity index (χ0) is 11.4. The third-order valence-corrected chi connectivity index (χ3v) is 4.07. The lowest BCUT2D eigenvalue weighted by Gasteiger charge is -2.03. The molecule has 1 heterocycles. The number of aryl methyl sites for hydroxylation is 1. The number of halogens is 1. The third kappa shape index (κ3) is 3.44. The lowest BCUT2D eigenvalue weighted by Crippen LogP contribution is -2.11. The Balaban J connectivity index is 1.82. The van der Waals surface area contributed by atoms with Crippen molar-refractivity contribution in [1.82, 2.24) is 5.32 Å². The van der Waals surface area contributed by atoms with Crippen LogP contribution in [0.2, 0.25) is 0 Å². The first-order valence-electron chi connectivity index (χ1n) is 5.23. The first-order chi connectivity index (χ1) is 7.74. The van der Waals surface area contributed by atoms with Crippen molar-refractivity contribution >= 4 is 27.3 Å². The number of benzene rings is 1. The Labute approximate surface area is 109 Å². The molecule has 16 heavy (non-hydrogen) atoms. The predicted molar refractivity (Wildman–Crippen MR) is 73.7 cm³/mol. The third-order valence-electron chi connectivity index (χ3n) is 2.37. The van der Waals surface area contributed by atoms with E-state index < -0.39 is 0 Å². The molecular weight excluding hydrogens is 282 g/mol. The first kappa shape index (κ1) is 11.8. The largest absolute Gasteiger partial charge is 0.308 e. The number of hydrogen-bond donors (Lipinski definition) is 1. The Morgan fingerprint density at radius 3 is 2.56 bits per heavy atom. The Morgan fingerprint density at radius 1 is 1.19 bits per heavy atom. The van der Waals surface area contributed by atoms with Crippen LogP contribution in [0.25, 0.3) is 0 Å². The summed E-state index contributed by atoms with van der Waals surface area (Å²) in [7, 11) is 0. The number of thiophene rings is 1. The van der Waals surface area contributed by atoms with Gasteiger partial charge >= 0.3 is 0 Å². The van der Waals surface area contributed by atoms with Crippen LogP contribution in [0.4, 0.5) is 0 Å². The molecule has 1 aromatic heterocycles. The first-order valence-corrected chi connectivity index (χ1v) is 6.90. The highest BCUT2D eigenvalue weighted by Gasteiger charge is 1.97. The zero-order valence-corrected chi connectivity index (χ0v) is 11.6. The predicted octanol–water partition coefficient (Wildman–Crippen LogP) is 4.11. The van der Waals surface area contributed by atoms with Crippen molar-refractivity contribution in [3.63, 3.8) is 0 Å². The molecule has 0 amide bonds. The van der Waals surface area contributed by atoms with Crippen molar-refractivity contribution in [2.75, 3.05) is 0 Å². The molecule has 0 radical (unpaired) electrons. The highest BCUT2D eigenvalue weighted by molar-refractivity contribution is 9.10. The van der Waals surface area contributed by atoms with Gasteiger partial charge in [0.2, 0.25) is 0 Å². The average Bonchev–Trinajstić information content (AvgIpc) is 2.67. The van der Waals surface area contributed by atoms with Gasteiger partial charge in [-0.3, -0.25) is 0 Å². The van der Waals surface area contributed by atoms with Crippen LogP contribution in [-0.2, 0) is 13.1 Å². The van der Waals surface area contributed by atoms with Crippen LogP contribution in [-0.4, -0.2) is 0 Å². The average molecular weight is 296 g/mol. The molecule has 0 saturated carbocycles. The SMILES string of the molecule is Cc1ccc(CNCc2cc(Br)cs2)cc1. The summed E-state index contributed by atoms with van der Waals surface area (Å²) >= 11 is 5.24. The smallest absolute Gasteiger partial charge is 0.0303 e. The van der Waals surface area contributed by atoms with E-state index in [0.717, 1.165) is 13.1 Å². The van der Waals surface area contributed by atoms with Crippen molar-refractivity contribution in [3.8, 4) is 0 Å². The van der Waals surface area contributed by atoms with E-state index in [0.29, 0.717) is 0 Å². The minimum absolute atomic E-state index is 0.926. The lowest BCUT2D eigenvalue weighted by molar-refractivity contribution is 0.701. The van der Waals surface area contributed by atoms with Crippen LogP contribution >= 0.6 is 27.3 Å². The molecule has 0 aliphatic rings. The lowest BCUT2D eigenvalue weighted by atomic mass is 10.1. The van der Waals surface area contributed by atoms with Crippen LogP contribution in [0.15, 0.2) is 40.2 Å². The molecule has 0 fully saturated rings. The quantitative estimate of drug-likeness (QED) is 0.895. The summed E-state index contributed by atoms with van der Waals surface area (Å²) in [5.74, 6) is 0. The normalized spacial score (nSPS) is 10.6. The number of nitrogens with one attached hydrogen (secondary N) is 1. The fraction of sp³-hybridized carbons (Fsp3) is 0.231. The van der Waals surface area contributed by atoms with E-state index in [1.165, 1.54) is 20.5 Å². The van der Waals surface area contributed by atoms with Crippen LogP contribution in [0.1, 0.15) is 16.0 Å². The molecule has 84 valence electrons. The molecule has 2 aromatic rings. The summed E-state index contributed by atoms with van der Waals surface area (Å²) < 4.78 is 1.17. The Kier molecular flexibility index (Phi) is 4.16. The van der Waals surface area contributed by atoms with Crippen LogP contribution in [0, 0.1) is 6.92 Å². The van der Waals surface area contributed by atoms with Gasteiger partial charge in [-0.2, -0.15) is 0 Å². The van der Waals surface area contributed by atoms with Crippen molar-refractivity contribution < 1.29 is 0 Å². The molecule has 1 N–H and O–H groups in total. The van der Waals surface area contributed by atoms with E-state index >= 15 is 0 Å². The minimum Gasteiger partial charge on any atom is -0.308 e. The van der Waals surface area contributed by atoms with Crippen molar-refractivity contribution in [1.29, 1.82) is 0 Å². The maximum Gasteiger partial charge on any atom is 0.0303 e. The van der Waals surface area contributed by atoms with Crippen LogP contribution in [0.5, 0.6) is 0 Å². The molecule has 0 atom stereocenters. The second-order valence-electron chi connectivity index (χ2n) is 3.82. The van der Waals surface area contributed by atoms with Crippen molar-refractivity contribution in [2.45, 2.75) is 20.0 Å². The van der Waals surface area contributed by atoms with Gasteiger partial charge in [-0.05, 0) is 34.5 Å². The molecular formula is C13H14BrNS. The molecule has 2 rings (SSSR count). The van der Waals surface area contributed by atoms with Gasteiger partial charge < -0.3 is 5.32 Å². The summed E-state index contributed by atoms with van der Waals surface area (Å²) in [6.45, 7) is 3.97. The summed E-state index contributed by atoms with van der Waals surface area (Å²) in [5, 5.41) is 5.55. The van der Waals surface area contributed by atoms with E-state index in [4.69, 9.17) is 0 Å². The molecule has 1 nitrogen and oxygen atoms in total. The van der Waals surface area contributed by atoms with Gasteiger partial charge in [-0.1, -0.05) is 29.8 Å². The van der Waals surface area contributed by atoms with Gasteiger partial charge in [-0.15, -0.1) is 11.3 Å². The van der Waals surface area contributed by atoms with E-state index in [1.54, 1.807) is 11.3 Å². The molecule has 0 bridgehead atoms. The summed E-state index contributed by atoms with van der Waals surface area (Å²) in [6.07, 6.45) is 0. The fourth-order valence-corrected chi connectivity index (χ4v) is 2.90. The molecule has 0 aliphatic heterocycles. The molecule has 0 saturated heterocycles. The fourth-order valence-electron chi connectivity index (χ4n) is 1.48. The van der Waals surface area contributed by atoms with E-state index in [9.17, 15) is 0 Å². The highest BCUT2D eigenvalue weighted by Crippen LogP contribution is 2.19. The van der Waals surface area contributed by atoms with Gasteiger partial charge in [0, 0.05) is 27.8 Å². The Bertz CT molecular complexity index is 447. The molecule has 1 aromatic carbocycles. The maximum absolute atomic E-state index is 3.46. The highest BCUT2D eigenvalue weighted by atomic mass is 79.9. The molecule has 3 heteroatoms. The van der Waals surface area contributed by atoms with E-state index in [2.05, 4.69) is 63.9 Å². The summed E-state index contributed by atoms with van der Waals surface area (Å²) in [6, 6.07) is 10.8. The maximum atomic E-state index is 3.46. The molecule has 0 spiro atoms. The Morgan fingerprint density at radius 2 is 1.94 bits per heavy atom. The van der Waals surface area contributed by atoms with Crippen LogP contribution < -0.4 is 5.32 Å².